The van der Waals surface area contributed by atoms with Crippen LogP contribution in [0.5, 0.6) is 0 Å². The predicted octanol–water partition coefficient (Wildman–Crippen LogP) is 0.0950. The highest BCUT2D eigenvalue weighted by atomic mass is 32.2. The number of aromatic amines is 1. The van der Waals surface area contributed by atoms with Crippen molar-refractivity contribution in [1.82, 2.24) is 14.7 Å². The number of aliphatic hydroxyl groups excluding tert-OH is 1. The molecule has 0 spiro atoms. The van der Waals surface area contributed by atoms with Crippen molar-refractivity contribution in [2.24, 2.45) is 5.92 Å². The van der Waals surface area contributed by atoms with Crippen molar-refractivity contribution < 1.29 is 13.5 Å². The maximum absolute atomic E-state index is 11.6. The van der Waals surface area contributed by atoms with Crippen LogP contribution in [-0.2, 0) is 10.0 Å². The fourth-order valence-electron chi connectivity index (χ4n) is 1.30. The van der Waals surface area contributed by atoms with Crippen LogP contribution >= 0.6 is 0 Å². The Morgan fingerprint density at radius 2 is 2.25 bits per heavy atom. The molecule has 0 radical (unpaired) electrons. The van der Waals surface area contributed by atoms with Crippen LogP contribution in [0.4, 0.5) is 0 Å². The van der Waals surface area contributed by atoms with E-state index in [0.29, 0.717) is 12.3 Å². The molecule has 1 unspecified atom stereocenters. The molecule has 0 saturated carbocycles. The molecule has 0 aliphatic carbocycles. The second-order valence-electron chi connectivity index (χ2n) is 4.05. The van der Waals surface area contributed by atoms with Gasteiger partial charge in [0.05, 0.1) is 18.6 Å². The van der Waals surface area contributed by atoms with Gasteiger partial charge in [0.2, 0.25) is 0 Å². The van der Waals surface area contributed by atoms with Crippen LogP contribution < -0.4 is 4.72 Å². The summed E-state index contributed by atoms with van der Waals surface area (Å²) in [5, 5.41) is 9.53. The Hall–Kier alpha value is -0.920. The molecule has 1 heterocycles. The molecule has 1 aromatic heterocycles. The van der Waals surface area contributed by atoms with E-state index in [-0.39, 0.29) is 11.6 Å². The third kappa shape index (κ3) is 3.92. The summed E-state index contributed by atoms with van der Waals surface area (Å²) in [6, 6.07) is 0. The Balaban J connectivity index is 2.49. The normalized spacial score (nSPS) is 14.2. The van der Waals surface area contributed by atoms with E-state index < -0.39 is 16.1 Å². The summed E-state index contributed by atoms with van der Waals surface area (Å²) in [6.45, 7) is 3.94. The van der Waals surface area contributed by atoms with Gasteiger partial charge in [0.15, 0.2) is 5.03 Å². The summed E-state index contributed by atoms with van der Waals surface area (Å²) < 4.78 is 25.5. The van der Waals surface area contributed by atoms with E-state index in [2.05, 4.69) is 14.7 Å². The Kier molecular flexibility index (Phi) is 4.45. The quantitative estimate of drug-likeness (QED) is 0.664. The molecule has 7 heteroatoms. The smallest absolute Gasteiger partial charge is 0.257 e. The van der Waals surface area contributed by atoms with Crippen LogP contribution in [0.3, 0.4) is 0 Å². The fraction of sp³-hybridized carbons (Fsp3) is 0.667. The monoisotopic (exact) mass is 247 g/mol. The van der Waals surface area contributed by atoms with Gasteiger partial charge in [0.25, 0.3) is 10.0 Å². The third-order valence-electron chi connectivity index (χ3n) is 2.02. The number of imidazole rings is 1. The van der Waals surface area contributed by atoms with Gasteiger partial charge in [-0.25, -0.2) is 18.1 Å². The number of nitrogens with one attached hydrogen (secondary N) is 2. The predicted molar refractivity (Wildman–Crippen MR) is 59.2 cm³/mol. The molecular weight excluding hydrogens is 230 g/mol. The summed E-state index contributed by atoms with van der Waals surface area (Å²) in [7, 11) is -3.58. The van der Waals surface area contributed by atoms with Crippen molar-refractivity contribution in [2.75, 3.05) is 6.54 Å². The van der Waals surface area contributed by atoms with Crippen LogP contribution in [0.15, 0.2) is 17.6 Å². The molecule has 0 fully saturated rings. The van der Waals surface area contributed by atoms with Gasteiger partial charge in [-0.1, -0.05) is 13.8 Å². The first-order valence-corrected chi connectivity index (χ1v) is 6.56. The van der Waals surface area contributed by atoms with Crippen molar-refractivity contribution in [2.45, 2.75) is 31.4 Å². The number of aromatic nitrogens is 2. The zero-order valence-corrected chi connectivity index (χ0v) is 10.2. The van der Waals surface area contributed by atoms with E-state index in [0.717, 1.165) is 0 Å². The minimum Gasteiger partial charge on any atom is -0.392 e. The van der Waals surface area contributed by atoms with Gasteiger partial charge in [-0.15, -0.1) is 0 Å². The molecular formula is C9H17N3O3S. The molecule has 0 aromatic carbocycles. The van der Waals surface area contributed by atoms with Crippen molar-refractivity contribution in [3.8, 4) is 0 Å². The van der Waals surface area contributed by atoms with Gasteiger partial charge in [-0.05, 0) is 12.3 Å². The van der Waals surface area contributed by atoms with E-state index in [1.54, 1.807) is 0 Å². The van der Waals surface area contributed by atoms with Gasteiger partial charge in [0, 0.05) is 6.54 Å². The molecule has 0 saturated heterocycles. The molecule has 0 aliphatic heterocycles. The summed E-state index contributed by atoms with van der Waals surface area (Å²) in [5.41, 5.74) is 0. The van der Waals surface area contributed by atoms with E-state index in [9.17, 15) is 13.5 Å². The summed E-state index contributed by atoms with van der Waals surface area (Å²) in [4.78, 5) is 6.13. The molecule has 3 N–H and O–H groups in total. The van der Waals surface area contributed by atoms with Gasteiger partial charge >= 0.3 is 0 Å². The number of sulfonamides is 1. The maximum atomic E-state index is 11.6. The fourth-order valence-corrected chi connectivity index (χ4v) is 2.28. The Labute approximate surface area is 95.2 Å². The van der Waals surface area contributed by atoms with Crippen molar-refractivity contribution >= 4 is 10.0 Å². The summed E-state index contributed by atoms with van der Waals surface area (Å²) >= 11 is 0. The second kappa shape index (κ2) is 5.42. The van der Waals surface area contributed by atoms with Gasteiger partial charge < -0.3 is 10.1 Å². The first kappa shape index (κ1) is 13.1. The summed E-state index contributed by atoms with van der Waals surface area (Å²) in [6.07, 6.45) is 2.40. The van der Waals surface area contributed by atoms with Crippen LogP contribution in [0, 0.1) is 5.92 Å². The van der Waals surface area contributed by atoms with E-state index in [1.165, 1.54) is 12.5 Å². The minimum absolute atomic E-state index is 0.00393. The summed E-state index contributed by atoms with van der Waals surface area (Å²) in [5.74, 6) is 0.326. The highest BCUT2D eigenvalue weighted by Crippen LogP contribution is 2.06. The number of rotatable bonds is 6. The van der Waals surface area contributed by atoms with Crippen LogP contribution in [0.1, 0.15) is 20.3 Å². The van der Waals surface area contributed by atoms with Crippen molar-refractivity contribution in [3.05, 3.63) is 12.5 Å². The number of nitrogens with zero attached hydrogens (tertiary/aromatic N) is 1. The minimum atomic E-state index is -3.58. The Bertz CT molecular complexity index is 400. The molecule has 0 amide bonds. The average Bonchev–Trinajstić information content (AvgIpc) is 2.67. The number of hydrogen-bond donors (Lipinski definition) is 3. The van der Waals surface area contributed by atoms with Crippen molar-refractivity contribution in [3.63, 3.8) is 0 Å². The lowest BCUT2D eigenvalue weighted by Gasteiger charge is -2.13. The molecule has 0 bridgehead atoms. The SMILES string of the molecule is CC(C)CC(O)CNS(=O)(=O)c1cnc[nH]1. The zero-order chi connectivity index (χ0) is 12.2. The third-order valence-corrected chi connectivity index (χ3v) is 3.36. The van der Waals surface area contributed by atoms with Gasteiger partial charge in [-0.3, -0.25) is 0 Å². The lowest BCUT2D eigenvalue weighted by molar-refractivity contribution is 0.152. The molecule has 92 valence electrons. The standard InChI is InChI=1S/C9H17N3O3S/c1-7(2)3-8(13)4-12-16(14,15)9-5-10-6-11-9/h5-8,12-13H,3-4H2,1-2H3,(H,10,11). The molecule has 0 aliphatic rings. The van der Waals surface area contributed by atoms with E-state index in [4.69, 9.17) is 0 Å². The maximum Gasteiger partial charge on any atom is 0.257 e. The first-order valence-electron chi connectivity index (χ1n) is 5.08. The number of aliphatic hydroxyl groups is 1. The lowest BCUT2D eigenvalue weighted by Crippen LogP contribution is -2.33. The highest BCUT2D eigenvalue weighted by molar-refractivity contribution is 7.89. The Morgan fingerprint density at radius 1 is 1.56 bits per heavy atom. The van der Waals surface area contributed by atoms with Crippen LogP contribution in [0.2, 0.25) is 0 Å². The Morgan fingerprint density at radius 3 is 2.75 bits per heavy atom. The van der Waals surface area contributed by atoms with E-state index >= 15 is 0 Å². The average molecular weight is 247 g/mol. The molecule has 16 heavy (non-hydrogen) atoms. The van der Waals surface area contributed by atoms with Gasteiger partial charge in [-0.2, -0.15) is 0 Å². The molecule has 1 aromatic rings. The highest BCUT2D eigenvalue weighted by Gasteiger charge is 2.17. The van der Waals surface area contributed by atoms with E-state index in [1.807, 2.05) is 13.8 Å². The molecule has 6 nitrogen and oxygen atoms in total. The largest absolute Gasteiger partial charge is 0.392 e. The first-order chi connectivity index (χ1) is 7.42. The second-order valence-corrected chi connectivity index (χ2v) is 5.79. The van der Waals surface area contributed by atoms with Crippen LogP contribution in [-0.4, -0.2) is 36.1 Å². The van der Waals surface area contributed by atoms with Crippen LogP contribution in [0.25, 0.3) is 0 Å². The number of hydrogen-bond acceptors (Lipinski definition) is 4. The van der Waals surface area contributed by atoms with Crippen molar-refractivity contribution in [1.29, 1.82) is 0 Å². The topological polar surface area (TPSA) is 95.1 Å². The zero-order valence-electron chi connectivity index (χ0n) is 9.34. The number of H-pyrrole nitrogens is 1. The lowest BCUT2D eigenvalue weighted by atomic mass is 10.1. The molecule has 1 atom stereocenters. The molecule has 1 rings (SSSR count). The van der Waals surface area contributed by atoms with Gasteiger partial charge in [0.1, 0.15) is 0 Å².